The molecule has 168 valence electrons. The summed E-state index contributed by atoms with van der Waals surface area (Å²) in [5, 5.41) is 1.50. The van der Waals surface area contributed by atoms with Crippen LogP contribution in [-0.4, -0.2) is 42.5 Å². The zero-order chi connectivity index (χ0) is 22.3. The van der Waals surface area contributed by atoms with Gasteiger partial charge in [0.05, 0.1) is 0 Å². The first-order chi connectivity index (χ1) is 15.6. The van der Waals surface area contributed by atoms with Crippen molar-refractivity contribution in [2.45, 2.75) is 26.0 Å². The summed E-state index contributed by atoms with van der Waals surface area (Å²) in [5.74, 6) is 0.824. The number of nitrogens with zero attached hydrogens (tertiary/aromatic N) is 2. The van der Waals surface area contributed by atoms with Crippen LogP contribution in [0.25, 0.3) is 0 Å². The molecule has 0 amide bonds. The summed E-state index contributed by atoms with van der Waals surface area (Å²) in [6, 6.07) is 24.5. The van der Waals surface area contributed by atoms with Crippen LogP contribution in [0.4, 0.5) is 0 Å². The maximum atomic E-state index is 6.54. The lowest BCUT2D eigenvalue weighted by Crippen LogP contribution is -2.46. The second-order valence-corrected chi connectivity index (χ2v) is 9.25. The second-order valence-electron chi connectivity index (χ2n) is 8.43. The van der Waals surface area contributed by atoms with Crippen molar-refractivity contribution in [2.24, 2.45) is 0 Å². The van der Waals surface area contributed by atoms with E-state index < -0.39 is 0 Å². The molecule has 3 aromatic rings. The van der Waals surface area contributed by atoms with Crippen LogP contribution in [0.2, 0.25) is 10.0 Å². The van der Waals surface area contributed by atoms with E-state index in [1.165, 1.54) is 5.56 Å². The standard InChI is InChI=1S/C27H30Cl2N2O/c1-21-19-23(11-12-25(21)28)32-27(24-9-5-6-10-26(24)29)13-14-30-15-17-31(18-16-30)20-22-7-3-2-4-8-22/h2-12,19,27H,13-18,20H2,1H3. The van der Waals surface area contributed by atoms with Gasteiger partial charge in [-0.25, -0.2) is 0 Å². The van der Waals surface area contributed by atoms with Crippen LogP contribution < -0.4 is 4.74 Å². The molecule has 0 aliphatic carbocycles. The van der Waals surface area contributed by atoms with Gasteiger partial charge in [-0.2, -0.15) is 0 Å². The quantitative estimate of drug-likeness (QED) is 0.368. The van der Waals surface area contributed by atoms with Crippen molar-refractivity contribution in [2.75, 3.05) is 32.7 Å². The van der Waals surface area contributed by atoms with Crippen LogP contribution in [0.15, 0.2) is 72.8 Å². The van der Waals surface area contributed by atoms with E-state index in [0.29, 0.717) is 0 Å². The molecule has 1 fully saturated rings. The highest BCUT2D eigenvalue weighted by atomic mass is 35.5. The second kappa shape index (κ2) is 11.2. The molecule has 5 heteroatoms. The van der Waals surface area contributed by atoms with Gasteiger partial charge in [-0.15, -0.1) is 0 Å². The fourth-order valence-corrected chi connectivity index (χ4v) is 4.56. The maximum Gasteiger partial charge on any atom is 0.126 e. The molecule has 1 atom stereocenters. The SMILES string of the molecule is Cc1cc(OC(CCN2CCN(Cc3ccccc3)CC2)c2ccccc2Cl)ccc1Cl. The van der Waals surface area contributed by atoms with E-state index in [2.05, 4.69) is 46.2 Å². The Balaban J connectivity index is 1.36. The molecular weight excluding hydrogens is 439 g/mol. The van der Waals surface area contributed by atoms with Gasteiger partial charge in [0.1, 0.15) is 11.9 Å². The van der Waals surface area contributed by atoms with Gasteiger partial charge in [-0.3, -0.25) is 4.90 Å². The number of ether oxygens (including phenoxy) is 1. The number of aryl methyl sites for hydroxylation is 1. The van der Waals surface area contributed by atoms with E-state index in [4.69, 9.17) is 27.9 Å². The van der Waals surface area contributed by atoms with Crippen LogP contribution in [0.5, 0.6) is 5.75 Å². The third-order valence-electron chi connectivity index (χ3n) is 6.08. The van der Waals surface area contributed by atoms with Gasteiger partial charge in [-0.05, 0) is 42.3 Å². The summed E-state index contributed by atoms with van der Waals surface area (Å²) in [5.41, 5.74) is 3.42. The van der Waals surface area contributed by atoms with E-state index in [1.54, 1.807) is 0 Å². The summed E-state index contributed by atoms with van der Waals surface area (Å²) in [6.07, 6.45) is 0.774. The van der Waals surface area contributed by atoms with Gasteiger partial charge in [0.15, 0.2) is 0 Å². The summed E-state index contributed by atoms with van der Waals surface area (Å²) >= 11 is 12.7. The molecule has 1 aliphatic heterocycles. The first-order valence-corrected chi connectivity index (χ1v) is 12.0. The van der Waals surface area contributed by atoms with Gasteiger partial charge in [0.2, 0.25) is 0 Å². The molecule has 1 aliphatic rings. The molecule has 3 aromatic carbocycles. The van der Waals surface area contributed by atoms with Crippen LogP contribution in [0.3, 0.4) is 0 Å². The third-order valence-corrected chi connectivity index (χ3v) is 6.85. The van der Waals surface area contributed by atoms with Gasteiger partial charge >= 0.3 is 0 Å². The predicted molar refractivity (Wildman–Crippen MR) is 134 cm³/mol. The summed E-state index contributed by atoms with van der Waals surface area (Å²) in [4.78, 5) is 5.06. The van der Waals surface area contributed by atoms with Crippen LogP contribution >= 0.6 is 23.2 Å². The number of piperazine rings is 1. The number of hydrogen-bond donors (Lipinski definition) is 0. The molecule has 3 nitrogen and oxygen atoms in total. The molecule has 0 N–H and O–H groups in total. The lowest BCUT2D eigenvalue weighted by Gasteiger charge is -2.35. The van der Waals surface area contributed by atoms with Crippen molar-refractivity contribution in [1.29, 1.82) is 0 Å². The molecule has 0 aromatic heterocycles. The molecule has 0 bridgehead atoms. The monoisotopic (exact) mass is 468 g/mol. The van der Waals surface area contributed by atoms with Gasteiger partial charge in [-0.1, -0.05) is 71.7 Å². The van der Waals surface area contributed by atoms with Crippen LogP contribution in [0.1, 0.15) is 29.2 Å². The van der Waals surface area contributed by atoms with Crippen molar-refractivity contribution >= 4 is 23.2 Å². The molecule has 0 radical (unpaired) electrons. The Kier molecular flexibility index (Phi) is 8.10. The summed E-state index contributed by atoms with van der Waals surface area (Å²) in [7, 11) is 0. The highest BCUT2D eigenvalue weighted by molar-refractivity contribution is 6.31. The molecule has 32 heavy (non-hydrogen) atoms. The molecule has 0 spiro atoms. The van der Waals surface area contributed by atoms with Crippen molar-refractivity contribution in [1.82, 2.24) is 9.80 Å². The lowest BCUT2D eigenvalue weighted by molar-refractivity contribution is 0.107. The fourth-order valence-electron chi connectivity index (χ4n) is 4.18. The van der Waals surface area contributed by atoms with Gasteiger partial charge in [0.25, 0.3) is 0 Å². The number of benzene rings is 3. The molecule has 1 saturated heterocycles. The smallest absolute Gasteiger partial charge is 0.126 e. The van der Waals surface area contributed by atoms with Crippen molar-refractivity contribution < 1.29 is 4.74 Å². The third kappa shape index (κ3) is 6.26. The summed E-state index contributed by atoms with van der Waals surface area (Å²) in [6.45, 7) is 8.31. The predicted octanol–water partition coefficient (Wildman–Crippen LogP) is 6.63. The Hall–Kier alpha value is -2.04. The number of halogens is 2. The van der Waals surface area contributed by atoms with E-state index >= 15 is 0 Å². The molecular formula is C27H30Cl2N2O. The fraction of sp³-hybridized carbons (Fsp3) is 0.333. The molecule has 0 saturated carbocycles. The number of hydrogen-bond acceptors (Lipinski definition) is 3. The van der Waals surface area contributed by atoms with E-state index in [9.17, 15) is 0 Å². The zero-order valence-electron chi connectivity index (χ0n) is 18.5. The lowest BCUT2D eigenvalue weighted by atomic mass is 10.1. The topological polar surface area (TPSA) is 15.7 Å². The highest BCUT2D eigenvalue weighted by Crippen LogP contribution is 2.31. The van der Waals surface area contributed by atoms with Crippen molar-refractivity contribution in [3.63, 3.8) is 0 Å². The minimum atomic E-state index is -0.105. The van der Waals surface area contributed by atoms with Gasteiger partial charge < -0.3 is 9.64 Å². The minimum Gasteiger partial charge on any atom is -0.486 e. The van der Waals surface area contributed by atoms with Gasteiger partial charge in [0, 0.05) is 61.3 Å². The Labute approximate surface area is 201 Å². The van der Waals surface area contributed by atoms with Crippen molar-refractivity contribution in [3.8, 4) is 5.75 Å². The average molecular weight is 469 g/mol. The molecule has 1 unspecified atom stereocenters. The van der Waals surface area contributed by atoms with E-state index in [0.717, 1.165) is 72.6 Å². The Morgan fingerprint density at radius 2 is 1.50 bits per heavy atom. The number of rotatable bonds is 8. The Morgan fingerprint density at radius 1 is 0.812 bits per heavy atom. The Morgan fingerprint density at radius 3 is 2.22 bits per heavy atom. The largest absolute Gasteiger partial charge is 0.486 e. The maximum absolute atomic E-state index is 6.54. The van der Waals surface area contributed by atoms with E-state index in [-0.39, 0.29) is 6.10 Å². The first-order valence-electron chi connectivity index (χ1n) is 11.2. The molecule has 4 rings (SSSR count). The average Bonchev–Trinajstić information content (AvgIpc) is 2.81. The summed E-state index contributed by atoms with van der Waals surface area (Å²) < 4.78 is 6.43. The Bertz CT molecular complexity index is 1000. The zero-order valence-corrected chi connectivity index (χ0v) is 20.0. The van der Waals surface area contributed by atoms with Crippen molar-refractivity contribution in [3.05, 3.63) is 99.5 Å². The van der Waals surface area contributed by atoms with E-state index in [1.807, 2.05) is 43.3 Å². The highest BCUT2D eigenvalue weighted by Gasteiger charge is 2.21. The molecule has 1 heterocycles. The van der Waals surface area contributed by atoms with Crippen LogP contribution in [0, 0.1) is 6.92 Å². The van der Waals surface area contributed by atoms with Crippen LogP contribution in [-0.2, 0) is 6.54 Å². The normalized spacial score (nSPS) is 16.1. The minimum absolute atomic E-state index is 0.105. The first kappa shape index (κ1) is 23.1.